The molecule has 0 N–H and O–H groups in total. The molecule has 1 aromatic rings. The Balaban J connectivity index is 2.36. The molecule has 0 aliphatic rings. The van der Waals surface area contributed by atoms with E-state index in [2.05, 4.69) is 6.92 Å². The van der Waals surface area contributed by atoms with Crippen molar-refractivity contribution in [3.63, 3.8) is 0 Å². The van der Waals surface area contributed by atoms with E-state index in [-0.39, 0.29) is 6.42 Å². The molecule has 0 bridgehead atoms. The second kappa shape index (κ2) is 10.5. The third-order valence-electron chi connectivity index (χ3n) is 3.80. The first-order valence-electron chi connectivity index (χ1n) is 8.37. The van der Waals surface area contributed by atoms with Crippen molar-refractivity contribution < 1.29 is 13.2 Å². The van der Waals surface area contributed by atoms with Gasteiger partial charge in [0.2, 0.25) is 0 Å². The molecule has 0 aliphatic heterocycles. The van der Waals surface area contributed by atoms with Crippen molar-refractivity contribution in [2.45, 2.75) is 70.9 Å². The molecule has 0 saturated carbocycles. The van der Waals surface area contributed by atoms with E-state index in [4.69, 9.17) is 0 Å². The van der Waals surface area contributed by atoms with Crippen LogP contribution in [0.2, 0.25) is 0 Å². The number of allylic oxidation sites excluding steroid dienone is 1. The van der Waals surface area contributed by atoms with E-state index in [0.717, 1.165) is 19.3 Å². The van der Waals surface area contributed by atoms with Gasteiger partial charge in [-0.2, -0.15) is 13.2 Å². The van der Waals surface area contributed by atoms with Crippen LogP contribution < -0.4 is 0 Å². The highest BCUT2D eigenvalue weighted by Crippen LogP contribution is 2.31. The van der Waals surface area contributed by atoms with Gasteiger partial charge in [-0.3, -0.25) is 0 Å². The average Bonchev–Trinajstić information content (AvgIpc) is 2.49. The van der Waals surface area contributed by atoms with E-state index >= 15 is 0 Å². The van der Waals surface area contributed by atoms with Crippen LogP contribution in [0.15, 0.2) is 35.9 Å². The van der Waals surface area contributed by atoms with E-state index in [1.54, 1.807) is 24.3 Å². The summed E-state index contributed by atoms with van der Waals surface area (Å²) in [6.07, 6.45) is 5.80. The Kier molecular flexibility index (Phi) is 8.95. The van der Waals surface area contributed by atoms with Crippen molar-refractivity contribution in [1.29, 1.82) is 0 Å². The molecule has 22 heavy (non-hydrogen) atoms. The standard InChI is InChI=1S/C19H27F3/c1-2-3-4-5-6-7-8-12-15-18(19(20,21)22)16-17-13-10-9-11-14-17/h9-11,13-14,16H,2-8,12,15H2,1H3/b18-16+. The largest absolute Gasteiger partial charge is 0.412 e. The van der Waals surface area contributed by atoms with Crippen LogP contribution in [0, 0.1) is 0 Å². The summed E-state index contributed by atoms with van der Waals surface area (Å²) in [5.41, 5.74) is 0.207. The molecule has 124 valence electrons. The minimum absolute atomic E-state index is 0.118. The number of rotatable bonds is 10. The lowest BCUT2D eigenvalue weighted by Gasteiger charge is -2.12. The zero-order valence-corrected chi connectivity index (χ0v) is 13.5. The molecule has 3 heteroatoms. The number of halogens is 3. The number of alkyl halides is 3. The van der Waals surface area contributed by atoms with E-state index in [9.17, 15) is 13.2 Å². The van der Waals surface area contributed by atoms with Crippen molar-refractivity contribution in [2.75, 3.05) is 0 Å². The molecule has 1 aromatic carbocycles. The normalized spacial score (nSPS) is 12.6. The van der Waals surface area contributed by atoms with Gasteiger partial charge in [0.15, 0.2) is 0 Å². The summed E-state index contributed by atoms with van der Waals surface area (Å²) in [4.78, 5) is 0. The van der Waals surface area contributed by atoms with Gasteiger partial charge in [0.1, 0.15) is 0 Å². The molecule has 0 atom stereocenters. The van der Waals surface area contributed by atoms with Crippen molar-refractivity contribution in [1.82, 2.24) is 0 Å². The molecule has 1 rings (SSSR count). The smallest absolute Gasteiger partial charge is 0.166 e. The lowest BCUT2D eigenvalue weighted by atomic mass is 10.0. The second-order valence-electron chi connectivity index (χ2n) is 5.80. The molecule has 0 heterocycles. The van der Waals surface area contributed by atoms with Gasteiger partial charge in [-0.1, -0.05) is 82.2 Å². The minimum atomic E-state index is -4.23. The highest BCUT2D eigenvalue weighted by Gasteiger charge is 2.32. The van der Waals surface area contributed by atoms with Crippen LogP contribution in [0.5, 0.6) is 0 Å². The highest BCUT2D eigenvalue weighted by atomic mass is 19.4. The Morgan fingerprint density at radius 1 is 0.864 bits per heavy atom. The molecule has 0 unspecified atom stereocenters. The summed E-state index contributed by atoms with van der Waals surface area (Å²) in [6.45, 7) is 2.18. The van der Waals surface area contributed by atoms with E-state index < -0.39 is 11.7 Å². The first-order valence-corrected chi connectivity index (χ1v) is 8.37. The van der Waals surface area contributed by atoms with Crippen LogP contribution >= 0.6 is 0 Å². The number of hydrogen-bond acceptors (Lipinski definition) is 0. The Hall–Kier alpha value is -1.25. The molecule has 0 nitrogen and oxygen atoms in total. The van der Waals surface area contributed by atoms with E-state index in [1.165, 1.54) is 31.8 Å². The summed E-state index contributed by atoms with van der Waals surface area (Å²) in [5.74, 6) is 0. The van der Waals surface area contributed by atoms with Crippen LogP contribution in [0.25, 0.3) is 6.08 Å². The van der Waals surface area contributed by atoms with Crippen LogP contribution in [0.4, 0.5) is 13.2 Å². The van der Waals surface area contributed by atoms with Crippen LogP contribution in [-0.2, 0) is 0 Å². The number of hydrogen-bond donors (Lipinski definition) is 0. The molecule has 0 aliphatic carbocycles. The summed E-state index contributed by atoms with van der Waals surface area (Å²) >= 11 is 0. The SMILES string of the molecule is CCCCCCCCCC/C(=C\c1ccccc1)C(F)(F)F. The third kappa shape index (κ3) is 8.26. The topological polar surface area (TPSA) is 0 Å². The molecule has 0 amide bonds. The maximum Gasteiger partial charge on any atom is 0.412 e. The average molecular weight is 312 g/mol. The van der Waals surface area contributed by atoms with Crippen molar-refractivity contribution in [3.05, 3.63) is 41.5 Å². The second-order valence-corrected chi connectivity index (χ2v) is 5.80. The van der Waals surface area contributed by atoms with Crippen LogP contribution in [0.1, 0.15) is 70.3 Å². The first kappa shape index (κ1) is 18.8. The summed E-state index contributed by atoms with van der Waals surface area (Å²) in [7, 11) is 0. The molecular formula is C19H27F3. The van der Waals surface area contributed by atoms with Crippen molar-refractivity contribution >= 4 is 6.08 Å². The molecule has 0 aromatic heterocycles. The molecule has 0 radical (unpaired) electrons. The van der Waals surface area contributed by atoms with Crippen LogP contribution in [0.3, 0.4) is 0 Å². The lowest BCUT2D eigenvalue weighted by Crippen LogP contribution is -2.11. The maximum absolute atomic E-state index is 13.1. The fraction of sp³-hybridized carbons (Fsp3) is 0.579. The maximum atomic E-state index is 13.1. The Morgan fingerprint density at radius 3 is 1.95 bits per heavy atom. The molecule has 0 saturated heterocycles. The lowest BCUT2D eigenvalue weighted by molar-refractivity contribution is -0.0931. The zero-order chi connectivity index (χ0) is 16.3. The fourth-order valence-electron chi connectivity index (χ4n) is 2.50. The van der Waals surface area contributed by atoms with Crippen LogP contribution in [-0.4, -0.2) is 6.18 Å². The van der Waals surface area contributed by atoms with Gasteiger partial charge in [0, 0.05) is 5.57 Å². The fourth-order valence-corrected chi connectivity index (χ4v) is 2.50. The Labute approximate surface area is 132 Å². The van der Waals surface area contributed by atoms with Crippen molar-refractivity contribution in [3.8, 4) is 0 Å². The molecule has 0 spiro atoms. The summed E-state index contributed by atoms with van der Waals surface area (Å²) < 4.78 is 39.2. The molecule has 0 fully saturated rings. The monoisotopic (exact) mass is 312 g/mol. The third-order valence-corrected chi connectivity index (χ3v) is 3.80. The first-order chi connectivity index (χ1) is 10.5. The highest BCUT2D eigenvalue weighted by molar-refractivity contribution is 5.53. The predicted molar refractivity (Wildman–Crippen MR) is 87.7 cm³/mol. The molecular weight excluding hydrogens is 285 g/mol. The minimum Gasteiger partial charge on any atom is -0.166 e. The summed E-state index contributed by atoms with van der Waals surface area (Å²) in [5, 5.41) is 0. The Morgan fingerprint density at radius 2 is 1.41 bits per heavy atom. The van der Waals surface area contributed by atoms with Gasteiger partial charge in [-0.15, -0.1) is 0 Å². The zero-order valence-electron chi connectivity index (χ0n) is 13.5. The van der Waals surface area contributed by atoms with E-state index in [0.29, 0.717) is 12.0 Å². The van der Waals surface area contributed by atoms with Gasteiger partial charge >= 0.3 is 6.18 Å². The van der Waals surface area contributed by atoms with Gasteiger partial charge in [-0.25, -0.2) is 0 Å². The van der Waals surface area contributed by atoms with Gasteiger partial charge in [0.25, 0.3) is 0 Å². The number of benzene rings is 1. The summed E-state index contributed by atoms with van der Waals surface area (Å²) in [6, 6.07) is 8.74. The van der Waals surface area contributed by atoms with Crippen molar-refractivity contribution in [2.24, 2.45) is 0 Å². The van der Waals surface area contributed by atoms with Gasteiger partial charge in [0.05, 0.1) is 0 Å². The quantitative estimate of drug-likeness (QED) is 0.402. The van der Waals surface area contributed by atoms with E-state index in [1.807, 2.05) is 6.07 Å². The number of unbranched alkanes of at least 4 members (excludes halogenated alkanes) is 7. The van der Waals surface area contributed by atoms with Gasteiger partial charge in [-0.05, 0) is 24.5 Å². The van der Waals surface area contributed by atoms with Gasteiger partial charge < -0.3 is 0 Å². The predicted octanol–water partition coefficient (Wildman–Crippen LogP) is 7.16. The Bertz CT molecular complexity index is 418.